The maximum absolute atomic E-state index is 5.98. The third-order valence-electron chi connectivity index (χ3n) is 2.97. The number of nitrogens with zero attached hydrogens (tertiary/aromatic N) is 3. The molecule has 0 bridgehead atoms. The standard InChI is InChI=1S/C12H24N4/c1-5-6-7-8-15(3)9-11-10(2)14-16(4)12(11)13/h5-9,13H2,1-4H3. The molecule has 0 fully saturated rings. The lowest BCUT2D eigenvalue weighted by atomic mass is 10.2. The van der Waals surface area contributed by atoms with E-state index in [4.69, 9.17) is 5.73 Å². The van der Waals surface area contributed by atoms with Crippen LogP contribution >= 0.6 is 0 Å². The fourth-order valence-corrected chi connectivity index (χ4v) is 1.90. The number of rotatable bonds is 6. The molecule has 16 heavy (non-hydrogen) atoms. The zero-order valence-electron chi connectivity index (χ0n) is 11.0. The molecule has 0 saturated carbocycles. The van der Waals surface area contributed by atoms with Crippen molar-refractivity contribution in [3.8, 4) is 0 Å². The summed E-state index contributed by atoms with van der Waals surface area (Å²) in [6.07, 6.45) is 3.82. The summed E-state index contributed by atoms with van der Waals surface area (Å²) < 4.78 is 1.75. The molecule has 0 atom stereocenters. The van der Waals surface area contributed by atoms with Crippen molar-refractivity contribution in [3.63, 3.8) is 0 Å². The van der Waals surface area contributed by atoms with Gasteiger partial charge in [0.1, 0.15) is 5.82 Å². The van der Waals surface area contributed by atoms with Gasteiger partial charge in [0, 0.05) is 19.2 Å². The lowest BCUT2D eigenvalue weighted by molar-refractivity contribution is 0.318. The van der Waals surface area contributed by atoms with E-state index < -0.39 is 0 Å². The summed E-state index contributed by atoms with van der Waals surface area (Å²) in [7, 11) is 4.03. The van der Waals surface area contributed by atoms with Gasteiger partial charge in [-0.3, -0.25) is 4.68 Å². The van der Waals surface area contributed by atoms with Gasteiger partial charge in [0.05, 0.1) is 5.69 Å². The molecule has 1 rings (SSSR count). The van der Waals surface area contributed by atoms with E-state index >= 15 is 0 Å². The maximum atomic E-state index is 5.98. The van der Waals surface area contributed by atoms with Crippen LogP contribution in [0, 0.1) is 6.92 Å². The molecule has 0 aliphatic heterocycles. The molecule has 0 unspecified atom stereocenters. The van der Waals surface area contributed by atoms with E-state index in [0.717, 1.165) is 24.6 Å². The average molecular weight is 224 g/mol. The zero-order valence-corrected chi connectivity index (χ0v) is 11.0. The Hall–Kier alpha value is -1.03. The Balaban J connectivity index is 2.52. The van der Waals surface area contributed by atoms with E-state index in [1.165, 1.54) is 24.8 Å². The lowest BCUT2D eigenvalue weighted by Gasteiger charge is -2.16. The number of aryl methyl sites for hydroxylation is 2. The van der Waals surface area contributed by atoms with Gasteiger partial charge >= 0.3 is 0 Å². The van der Waals surface area contributed by atoms with Crippen LogP contribution in [0.5, 0.6) is 0 Å². The molecule has 4 heteroatoms. The second-order valence-corrected chi connectivity index (χ2v) is 4.52. The van der Waals surface area contributed by atoms with E-state index in [-0.39, 0.29) is 0 Å². The van der Waals surface area contributed by atoms with Crippen LogP contribution in [0.2, 0.25) is 0 Å². The molecule has 2 N–H and O–H groups in total. The van der Waals surface area contributed by atoms with Crippen molar-refractivity contribution in [2.75, 3.05) is 19.3 Å². The highest BCUT2D eigenvalue weighted by Gasteiger charge is 2.11. The number of aromatic nitrogens is 2. The molecule has 0 aliphatic rings. The van der Waals surface area contributed by atoms with Crippen LogP contribution in [-0.4, -0.2) is 28.3 Å². The Kier molecular flexibility index (Phi) is 4.80. The molecular formula is C12H24N4. The van der Waals surface area contributed by atoms with Crippen molar-refractivity contribution in [1.29, 1.82) is 0 Å². The molecule has 0 spiro atoms. The summed E-state index contributed by atoms with van der Waals surface area (Å²) in [5, 5.41) is 4.33. The van der Waals surface area contributed by atoms with Gasteiger partial charge in [-0.05, 0) is 26.9 Å². The van der Waals surface area contributed by atoms with Gasteiger partial charge in [-0.25, -0.2) is 0 Å². The first-order chi connectivity index (χ1) is 7.56. The number of anilines is 1. The van der Waals surface area contributed by atoms with Crippen molar-refractivity contribution >= 4 is 5.82 Å². The van der Waals surface area contributed by atoms with E-state index in [1.807, 2.05) is 14.0 Å². The first-order valence-corrected chi connectivity index (χ1v) is 6.02. The normalized spacial score (nSPS) is 11.3. The summed E-state index contributed by atoms with van der Waals surface area (Å²) in [5.41, 5.74) is 8.19. The van der Waals surface area contributed by atoms with E-state index in [9.17, 15) is 0 Å². The van der Waals surface area contributed by atoms with Crippen molar-refractivity contribution in [2.24, 2.45) is 7.05 Å². The van der Waals surface area contributed by atoms with Gasteiger partial charge in [0.25, 0.3) is 0 Å². The van der Waals surface area contributed by atoms with Gasteiger partial charge in [0.15, 0.2) is 0 Å². The minimum absolute atomic E-state index is 0.792. The first kappa shape index (κ1) is 13.0. The van der Waals surface area contributed by atoms with Gasteiger partial charge in [-0.1, -0.05) is 19.8 Å². The van der Waals surface area contributed by atoms with E-state index in [2.05, 4.69) is 24.0 Å². The van der Waals surface area contributed by atoms with Crippen molar-refractivity contribution in [2.45, 2.75) is 39.7 Å². The largest absolute Gasteiger partial charge is 0.384 e. The predicted molar refractivity (Wildman–Crippen MR) is 68.2 cm³/mol. The number of nitrogen functional groups attached to an aromatic ring is 1. The van der Waals surface area contributed by atoms with Crippen LogP contribution in [0.4, 0.5) is 5.82 Å². The van der Waals surface area contributed by atoms with Gasteiger partial charge < -0.3 is 10.6 Å². The van der Waals surface area contributed by atoms with Gasteiger partial charge in [0.2, 0.25) is 0 Å². The molecule has 4 nitrogen and oxygen atoms in total. The molecule has 0 amide bonds. The highest BCUT2D eigenvalue weighted by molar-refractivity contribution is 5.42. The summed E-state index contributed by atoms with van der Waals surface area (Å²) in [4.78, 5) is 2.32. The monoisotopic (exact) mass is 224 g/mol. The molecule has 0 aromatic carbocycles. The third kappa shape index (κ3) is 3.23. The van der Waals surface area contributed by atoms with E-state index in [0.29, 0.717) is 0 Å². The summed E-state index contributed by atoms with van der Waals surface area (Å²) in [5.74, 6) is 0.792. The van der Waals surface area contributed by atoms with Crippen LogP contribution in [0.25, 0.3) is 0 Å². The molecular weight excluding hydrogens is 200 g/mol. The summed E-state index contributed by atoms with van der Waals surface area (Å²) >= 11 is 0. The highest BCUT2D eigenvalue weighted by atomic mass is 15.3. The number of unbranched alkanes of at least 4 members (excludes halogenated alkanes) is 2. The maximum Gasteiger partial charge on any atom is 0.126 e. The minimum atomic E-state index is 0.792. The summed E-state index contributed by atoms with van der Waals surface area (Å²) in [6, 6.07) is 0. The average Bonchev–Trinajstić information content (AvgIpc) is 2.46. The van der Waals surface area contributed by atoms with Crippen LogP contribution in [0.15, 0.2) is 0 Å². The minimum Gasteiger partial charge on any atom is -0.384 e. The lowest BCUT2D eigenvalue weighted by Crippen LogP contribution is -2.20. The van der Waals surface area contributed by atoms with Crippen LogP contribution in [-0.2, 0) is 13.6 Å². The molecule has 92 valence electrons. The quantitative estimate of drug-likeness (QED) is 0.751. The number of hydrogen-bond acceptors (Lipinski definition) is 3. The molecule has 1 aromatic heterocycles. The van der Waals surface area contributed by atoms with Crippen molar-refractivity contribution in [3.05, 3.63) is 11.3 Å². The van der Waals surface area contributed by atoms with Crippen LogP contribution in [0.1, 0.15) is 37.4 Å². The Labute approximate surface area is 98.4 Å². The Bertz CT molecular complexity index is 330. The fraction of sp³-hybridized carbons (Fsp3) is 0.750. The SMILES string of the molecule is CCCCCN(C)Cc1c(C)nn(C)c1N. The Morgan fingerprint density at radius 2 is 2.06 bits per heavy atom. The fourth-order valence-electron chi connectivity index (χ4n) is 1.90. The molecule has 0 saturated heterocycles. The molecule has 0 radical (unpaired) electrons. The topological polar surface area (TPSA) is 47.1 Å². The van der Waals surface area contributed by atoms with Crippen LogP contribution in [0.3, 0.4) is 0 Å². The highest BCUT2D eigenvalue weighted by Crippen LogP contribution is 2.16. The Morgan fingerprint density at radius 3 is 2.56 bits per heavy atom. The van der Waals surface area contributed by atoms with Gasteiger partial charge in [-0.2, -0.15) is 5.10 Å². The zero-order chi connectivity index (χ0) is 12.1. The van der Waals surface area contributed by atoms with Crippen molar-refractivity contribution < 1.29 is 0 Å². The molecule has 1 heterocycles. The van der Waals surface area contributed by atoms with Crippen LogP contribution < -0.4 is 5.73 Å². The second kappa shape index (κ2) is 5.89. The number of hydrogen-bond donors (Lipinski definition) is 1. The Morgan fingerprint density at radius 1 is 1.38 bits per heavy atom. The summed E-state index contributed by atoms with van der Waals surface area (Å²) in [6.45, 7) is 6.27. The smallest absolute Gasteiger partial charge is 0.126 e. The first-order valence-electron chi connectivity index (χ1n) is 6.02. The van der Waals surface area contributed by atoms with E-state index in [1.54, 1.807) is 4.68 Å². The van der Waals surface area contributed by atoms with Gasteiger partial charge in [-0.15, -0.1) is 0 Å². The predicted octanol–water partition coefficient (Wildman–Crippen LogP) is 1.93. The third-order valence-corrected chi connectivity index (χ3v) is 2.97. The number of nitrogens with two attached hydrogens (primary N) is 1. The molecule has 0 aliphatic carbocycles. The molecule has 1 aromatic rings. The second-order valence-electron chi connectivity index (χ2n) is 4.52. The van der Waals surface area contributed by atoms with Crippen molar-refractivity contribution in [1.82, 2.24) is 14.7 Å².